The van der Waals surface area contributed by atoms with Crippen LogP contribution in [0.15, 0.2) is 133 Å². The summed E-state index contributed by atoms with van der Waals surface area (Å²) in [5.41, 5.74) is 7.57. The fraction of sp³-hybridized carbons (Fsp3) is 0. The van der Waals surface area contributed by atoms with Crippen molar-refractivity contribution in [2.45, 2.75) is 0 Å². The van der Waals surface area contributed by atoms with E-state index < -0.39 is 0 Å². The van der Waals surface area contributed by atoms with Crippen LogP contribution in [0.25, 0.3) is 64.3 Å². The molecule has 1 heterocycles. The van der Waals surface area contributed by atoms with Gasteiger partial charge in [-0.15, -0.1) is 11.3 Å². The van der Waals surface area contributed by atoms with Crippen LogP contribution >= 0.6 is 11.3 Å². The Morgan fingerprint density at radius 3 is 1.80 bits per heavy atom. The van der Waals surface area contributed by atoms with E-state index in [2.05, 4.69) is 133 Å². The van der Waals surface area contributed by atoms with Gasteiger partial charge < -0.3 is 0 Å². The third-order valence-corrected chi connectivity index (χ3v) is 7.99. The number of hydrogen-bond acceptors (Lipinski definition) is 1. The quantitative estimate of drug-likeness (QED) is 0.245. The van der Waals surface area contributed by atoms with E-state index in [9.17, 15) is 0 Å². The summed E-state index contributed by atoms with van der Waals surface area (Å²) in [6.45, 7) is 0. The number of benzene rings is 6. The molecule has 0 bridgehead atoms. The van der Waals surface area contributed by atoms with Gasteiger partial charge in [-0.05, 0) is 62.4 Å². The van der Waals surface area contributed by atoms with Gasteiger partial charge in [-0.3, -0.25) is 0 Å². The van der Waals surface area contributed by atoms with E-state index in [4.69, 9.17) is 0 Å². The van der Waals surface area contributed by atoms with Crippen molar-refractivity contribution in [1.29, 1.82) is 0 Å². The Hall–Kier alpha value is -4.20. The lowest BCUT2D eigenvalue weighted by Crippen LogP contribution is -1.89. The van der Waals surface area contributed by atoms with Crippen molar-refractivity contribution in [2.24, 2.45) is 0 Å². The van der Waals surface area contributed by atoms with Crippen LogP contribution in [0, 0.1) is 0 Å². The van der Waals surface area contributed by atoms with Gasteiger partial charge in [0.15, 0.2) is 0 Å². The third kappa shape index (κ3) is 3.36. The molecule has 7 aromatic rings. The molecule has 0 spiro atoms. The number of rotatable bonds is 3. The topological polar surface area (TPSA) is 0 Å². The highest BCUT2D eigenvalue weighted by atomic mass is 32.1. The van der Waals surface area contributed by atoms with Crippen LogP contribution in [0.5, 0.6) is 0 Å². The van der Waals surface area contributed by atoms with E-state index in [1.165, 1.54) is 64.3 Å². The van der Waals surface area contributed by atoms with Gasteiger partial charge >= 0.3 is 0 Å². The van der Waals surface area contributed by atoms with Crippen LogP contribution in [0.1, 0.15) is 0 Å². The van der Waals surface area contributed by atoms with Gasteiger partial charge in [-0.1, -0.05) is 115 Å². The minimum Gasteiger partial charge on any atom is -0.135 e. The van der Waals surface area contributed by atoms with Crippen molar-refractivity contribution in [3.8, 4) is 33.4 Å². The van der Waals surface area contributed by atoms with Gasteiger partial charge in [-0.2, -0.15) is 0 Å². The lowest BCUT2D eigenvalue weighted by Gasteiger charge is -2.15. The molecule has 0 fully saturated rings. The first-order chi connectivity index (χ1) is 17.4. The summed E-state index contributed by atoms with van der Waals surface area (Å²) in [7, 11) is 0. The monoisotopic (exact) mass is 462 g/mol. The predicted molar refractivity (Wildman–Crippen MR) is 153 cm³/mol. The van der Waals surface area contributed by atoms with Gasteiger partial charge in [0, 0.05) is 20.2 Å². The second-order valence-corrected chi connectivity index (χ2v) is 10.0. The molecule has 6 aromatic carbocycles. The van der Waals surface area contributed by atoms with Crippen molar-refractivity contribution in [2.75, 3.05) is 0 Å². The summed E-state index contributed by atoms with van der Waals surface area (Å²) in [4.78, 5) is 0. The van der Waals surface area contributed by atoms with E-state index in [1.54, 1.807) is 0 Å². The van der Waals surface area contributed by atoms with E-state index in [1.807, 2.05) is 11.3 Å². The molecule has 0 aliphatic carbocycles. The molecule has 35 heavy (non-hydrogen) atoms. The molecule has 0 N–H and O–H groups in total. The summed E-state index contributed by atoms with van der Waals surface area (Å²) < 4.78 is 2.68. The molecule has 164 valence electrons. The van der Waals surface area contributed by atoms with Crippen LogP contribution in [0.4, 0.5) is 0 Å². The first-order valence-electron chi connectivity index (χ1n) is 11.9. The van der Waals surface area contributed by atoms with Crippen LogP contribution in [0.3, 0.4) is 0 Å². The highest BCUT2D eigenvalue weighted by Gasteiger charge is 2.17. The zero-order valence-corrected chi connectivity index (χ0v) is 19.9. The second-order valence-electron chi connectivity index (χ2n) is 8.94. The van der Waals surface area contributed by atoms with Crippen molar-refractivity contribution < 1.29 is 0 Å². The van der Waals surface area contributed by atoms with Crippen LogP contribution < -0.4 is 0 Å². The Morgan fingerprint density at radius 2 is 1.03 bits per heavy atom. The highest BCUT2D eigenvalue weighted by molar-refractivity contribution is 7.26. The van der Waals surface area contributed by atoms with E-state index in [-0.39, 0.29) is 0 Å². The van der Waals surface area contributed by atoms with Crippen molar-refractivity contribution in [3.05, 3.63) is 133 Å². The van der Waals surface area contributed by atoms with Gasteiger partial charge in [0.1, 0.15) is 0 Å². The molecule has 0 saturated carbocycles. The van der Waals surface area contributed by atoms with Gasteiger partial charge in [0.25, 0.3) is 0 Å². The molecule has 0 aliphatic heterocycles. The standard InChI is InChI=1S/C34H22S/c1-3-11-23(12-4-1)27-20-19-26(21-30(27)24-13-5-2-6-14-24)33-28-16-8-7-15-25(28)22-32-34(33)29-17-9-10-18-31(29)35-32/h1-22H. The van der Waals surface area contributed by atoms with Crippen LogP contribution in [-0.2, 0) is 0 Å². The molecular formula is C34H22S. The minimum absolute atomic E-state index is 1.24. The van der Waals surface area contributed by atoms with Gasteiger partial charge in [0.2, 0.25) is 0 Å². The summed E-state index contributed by atoms with van der Waals surface area (Å²) in [6.07, 6.45) is 0. The van der Waals surface area contributed by atoms with E-state index >= 15 is 0 Å². The van der Waals surface area contributed by atoms with Crippen LogP contribution in [0.2, 0.25) is 0 Å². The maximum Gasteiger partial charge on any atom is 0.0368 e. The summed E-state index contributed by atoms with van der Waals surface area (Å²) in [5, 5.41) is 5.28. The molecule has 1 aromatic heterocycles. The highest BCUT2D eigenvalue weighted by Crippen LogP contribution is 2.45. The Bertz CT molecular complexity index is 1830. The molecule has 0 aliphatic rings. The second kappa shape index (κ2) is 8.23. The number of fused-ring (bicyclic) bond motifs is 4. The van der Waals surface area contributed by atoms with Gasteiger partial charge in [-0.25, -0.2) is 0 Å². The number of thiophene rings is 1. The molecule has 0 radical (unpaired) electrons. The number of hydrogen-bond donors (Lipinski definition) is 0. The Balaban J connectivity index is 1.59. The largest absolute Gasteiger partial charge is 0.135 e. The molecular weight excluding hydrogens is 440 g/mol. The predicted octanol–water partition coefficient (Wildman–Crippen LogP) is 10.2. The Kier molecular flexibility index (Phi) is 4.75. The van der Waals surface area contributed by atoms with Crippen molar-refractivity contribution in [1.82, 2.24) is 0 Å². The average molecular weight is 463 g/mol. The van der Waals surface area contributed by atoms with Crippen molar-refractivity contribution >= 4 is 42.3 Å². The van der Waals surface area contributed by atoms with Crippen LogP contribution in [-0.4, -0.2) is 0 Å². The molecule has 0 amide bonds. The lowest BCUT2D eigenvalue weighted by molar-refractivity contribution is 1.58. The minimum atomic E-state index is 1.24. The molecule has 0 atom stereocenters. The first kappa shape index (κ1) is 20.2. The fourth-order valence-electron chi connectivity index (χ4n) is 5.28. The molecule has 0 unspecified atom stereocenters. The Morgan fingerprint density at radius 1 is 0.400 bits per heavy atom. The zero-order chi connectivity index (χ0) is 23.2. The molecule has 0 saturated heterocycles. The van der Waals surface area contributed by atoms with E-state index in [0.29, 0.717) is 0 Å². The molecule has 1 heteroatoms. The smallest absolute Gasteiger partial charge is 0.0368 e. The third-order valence-electron chi connectivity index (χ3n) is 6.87. The summed E-state index contributed by atoms with van der Waals surface area (Å²) >= 11 is 1.89. The fourth-order valence-corrected chi connectivity index (χ4v) is 6.44. The van der Waals surface area contributed by atoms with Gasteiger partial charge in [0.05, 0.1) is 0 Å². The SMILES string of the molecule is c1ccc(-c2ccc(-c3c4ccccc4cc4sc5ccccc5c34)cc2-c2ccccc2)cc1. The average Bonchev–Trinajstić information content (AvgIpc) is 3.30. The normalized spacial score (nSPS) is 11.4. The molecule has 0 nitrogen and oxygen atoms in total. The maximum atomic E-state index is 2.39. The Labute approximate surface area is 208 Å². The summed E-state index contributed by atoms with van der Waals surface area (Å²) in [5.74, 6) is 0. The summed E-state index contributed by atoms with van der Waals surface area (Å²) in [6, 6.07) is 48.4. The first-order valence-corrected chi connectivity index (χ1v) is 12.8. The maximum absolute atomic E-state index is 2.39. The molecule has 7 rings (SSSR count). The lowest BCUT2D eigenvalue weighted by atomic mass is 9.88. The van der Waals surface area contributed by atoms with Crippen molar-refractivity contribution in [3.63, 3.8) is 0 Å². The zero-order valence-electron chi connectivity index (χ0n) is 19.1. The van der Waals surface area contributed by atoms with E-state index in [0.717, 1.165) is 0 Å².